The zero-order chi connectivity index (χ0) is 28.9. The van der Waals surface area contributed by atoms with Crippen LogP contribution in [0, 0.1) is 0 Å². The number of esters is 2. The summed E-state index contributed by atoms with van der Waals surface area (Å²) in [5.74, 6) is -1.72. The molecule has 0 amide bonds. The second kappa shape index (κ2) is 26.9. The lowest BCUT2D eigenvalue weighted by Crippen LogP contribution is -2.20. The number of hydrogen-bond acceptors (Lipinski definition) is 8. The highest BCUT2D eigenvalue weighted by atomic mass is 16.6. The van der Waals surface area contributed by atoms with Crippen LogP contribution >= 0.6 is 0 Å². The summed E-state index contributed by atoms with van der Waals surface area (Å²) in [7, 11) is 0. The van der Waals surface area contributed by atoms with Crippen molar-refractivity contribution in [1.29, 1.82) is 0 Å². The molecule has 0 radical (unpaired) electrons. The molecule has 1 aromatic rings. The third-order valence-corrected chi connectivity index (χ3v) is 6.40. The van der Waals surface area contributed by atoms with Crippen LogP contribution in [0.4, 0.5) is 0 Å². The van der Waals surface area contributed by atoms with Crippen LogP contribution in [-0.4, -0.2) is 70.6 Å². The van der Waals surface area contributed by atoms with E-state index in [1.54, 1.807) is 30.3 Å². The first kappa shape index (κ1) is 35.7. The van der Waals surface area contributed by atoms with Crippen LogP contribution in [0.1, 0.15) is 107 Å². The van der Waals surface area contributed by atoms with Gasteiger partial charge in [-0.25, -0.2) is 4.79 Å². The van der Waals surface area contributed by atoms with Crippen molar-refractivity contribution >= 4 is 17.7 Å². The van der Waals surface area contributed by atoms with Crippen LogP contribution in [0.25, 0.3) is 0 Å². The maximum atomic E-state index is 11.9. The van der Waals surface area contributed by atoms with E-state index in [1.165, 1.54) is 70.6 Å². The molecule has 0 spiro atoms. The van der Waals surface area contributed by atoms with Crippen molar-refractivity contribution in [3.63, 3.8) is 0 Å². The topological polar surface area (TPSA) is 97.4 Å². The Morgan fingerprint density at radius 2 is 0.950 bits per heavy atom. The Bertz CT molecular complexity index is 753. The first-order valence-electron chi connectivity index (χ1n) is 15.3. The van der Waals surface area contributed by atoms with Gasteiger partial charge in [-0.3, -0.25) is 9.59 Å². The van der Waals surface area contributed by atoms with Gasteiger partial charge in [-0.05, 0) is 6.42 Å². The number of unbranched alkanes of at least 4 members (excludes halogenated alkanes) is 12. The van der Waals surface area contributed by atoms with Gasteiger partial charge in [-0.1, -0.05) is 114 Å². The van der Waals surface area contributed by atoms with Gasteiger partial charge in [0, 0.05) is 12.0 Å². The number of Topliss-reactive ketones (excluding diaryl/α,β-unsaturated/α-hetero) is 1. The number of ketones is 1. The number of benzene rings is 1. The summed E-state index contributed by atoms with van der Waals surface area (Å²) < 4.78 is 26.2. The second-order valence-corrected chi connectivity index (χ2v) is 9.88. The fraction of sp³-hybridized carbons (Fsp3) is 0.719. The molecule has 0 aliphatic heterocycles. The van der Waals surface area contributed by atoms with E-state index in [1.807, 2.05) is 0 Å². The summed E-state index contributed by atoms with van der Waals surface area (Å²) >= 11 is 0. The number of rotatable bonds is 28. The molecule has 0 unspecified atom stereocenters. The van der Waals surface area contributed by atoms with Gasteiger partial charge in [-0.15, -0.1) is 0 Å². The van der Waals surface area contributed by atoms with Crippen LogP contribution in [-0.2, 0) is 33.3 Å². The lowest BCUT2D eigenvalue weighted by molar-refractivity contribution is -0.145. The molecule has 0 N–H and O–H groups in total. The Morgan fingerprint density at radius 1 is 0.525 bits per heavy atom. The molecule has 1 aromatic carbocycles. The Hall–Kier alpha value is -2.29. The van der Waals surface area contributed by atoms with Crippen molar-refractivity contribution in [2.45, 2.75) is 96.8 Å². The van der Waals surface area contributed by atoms with Crippen molar-refractivity contribution in [1.82, 2.24) is 0 Å². The molecular weight excluding hydrogens is 512 g/mol. The lowest BCUT2D eigenvalue weighted by atomic mass is 10.0. The largest absolute Gasteiger partial charge is 0.463 e. The lowest BCUT2D eigenvalue weighted by Gasteiger charge is -2.08. The molecule has 8 heteroatoms. The second-order valence-electron chi connectivity index (χ2n) is 9.88. The van der Waals surface area contributed by atoms with E-state index >= 15 is 0 Å². The molecule has 0 aliphatic rings. The van der Waals surface area contributed by atoms with E-state index in [2.05, 4.69) is 6.92 Å². The van der Waals surface area contributed by atoms with E-state index in [9.17, 15) is 14.4 Å². The van der Waals surface area contributed by atoms with Gasteiger partial charge in [0.15, 0.2) is 0 Å². The minimum absolute atomic E-state index is 0.00139. The standard InChI is InChI=1S/C32H52O8/c1-2-3-4-5-6-7-8-9-10-11-12-13-17-20-30(33)39-27-25-37-23-21-36-22-24-38-26-28-40-32(35)31(34)29-18-15-14-16-19-29/h14-16,18-19H,2-13,17,20-28H2,1H3. The fourth-order valence-electron chi connectivity index (χ4n) is 4.08. The van der Waals surface area contributed by atoms with E-state index < -0.39 is 11.8 Å². The predicted molar refractivity (Wildman–Crippen MR) is 155 cm³/mol. The molecule has 0 fully saturated rings. The number of ether oxygens (including phenoxy) is 5. The third kappa shape index (κ3) is 21.5. The maximum absolute atomic E-state index is 11.9. The minimum Gasteiger partial charge on any atom is -0.463 e. The Morgan fingerprint density at radius 3 is 1.45 bits per heavy atom. The van der Waals surface area contributed by atoms with Crippen LogP contribution in [0.3, 0.4) is 0 Å². The van der Waals surface area contributed by atoms with Crippen molar-refractivity contribution < 1.29 is 38.1 Å². The van der Waals surface area contributed by atoms with Crippen LogP contribution in [0.5, 0.6) is 0 Å². The summed E-state index contributed by atoms with van der Waals surface area (Å²) in [6.07, 6.45) is 17.2. The quantitative estimate of drug-likeness (QED) is 0.0493. The van der Waals surface area contributed by atoms with Crippen LogP contribution in [0.2, 0.25) is 0 Å². The highest BCUT2D eigenvalue weighted by molar-refractivity contribution is 6.40. The molecule has 40 heavy (non-hydrogen) atoms. The minimum atomic E-state index is -0.895. The zero-order valence-electron chi connectivity index (χ0n) is 24.7. The van der Waals surface area contributed by atoms with Crippen LogP contribution in [0.15, 0.2) is 30.3 Å². The van der Waals surface area contributed by atoms with Crippen molar-refractivity contribution in [3.8, 4) is 0 Å². The number of carbonyl (C=O) groups is 3. The molecule has 0 atom stereocenters. The van der Waals surface area contributed by atoms with Gasteiger partial charge in [0.2, 0.25) is 0 Å². The molecule has 0 aliphatic carbocycles. The normalized spacial score (nSPS) is 10.9. The molecule has 0 saturated heterocycles. The number of carbonyl (C=O) groups excluding carboxylic acids is 3. The van der Waals surface area contributed by atoms with Gasteiger partial charge in [0.25, 0.3) is 5.78 Å². The van der Waals surface area contributed by atoms with Crippen molar-refractivity contribution in [3.05, 3.63) is 35.9 Å². The molecule has 0 heterocycles. The van der Waals surface area contributed by atoms with Crippen LogP contribution < -0.4 is 0 Å². The van der Waals surface area contributed by atoms with Gasteiger partial charge >= 0.3 is 11.9 Å². The molecule has 1 rings (SSSR count). The maximum Gasteiger partial charge on any atom is 0.379 e. The van der Waals surface area contributed by atoms with Gasteiger partial charge in [-0.2, -0.15) is 0 Å². The van der Waals surface area contributed by atoms with E-state index in [4.69, 9.17) is 23.7 Å². The Labute approximate surface area is 241 Å². The van der Waals surface area contributed by atoms with Gasteiger partial charge in [0.1, 0.15) is 13.2 Å². The summed E-state index contributed by atoms with van der Waals surface area (Å²) in [5.41, 5.74) is 0.298. The Kier molecular flexibility index (Phi) is 24.0. The monoisotopic (exact) mass is 564 g/mol. The summed E-state index contributed by atoms with van der Waals surface area (Å²) in [5, 5.41) is 0. The summed E-state index contributed by atoms with van der Waals surface area (Å²) in [6.45, 7) is 4.54. The van der Waals surface area contributed by atoms with Gasteiger partial charge < -0.3 is 23.7 Å². The van der Waals surface area contributed by atoms with Gasteiger partial charge in [0.05, 0.1) is 39.6 Å². The van der Waals surface area contributed by atoms with E-state index in [-0.39, 0.29) is 25.8 Å². The predicted octanol–water partition coefficient (Wildman–Crippen LogP) is 6.49. The average molecular weight is 565 g/mol. The van der Waals surface area contributed by atoms with Crippen molar-refractivity contribution in [2.24, 2.45) is 0 Å². The molecule has 0 aromatic heterocycles. The molecular formula is C32H52O8. The third-order valence-electron chi connectivity index (χ3n) is 6.40. The van der Waals surface area contributed by atoms with E-state index in [0.717, 1.165) is 12.8 Å². The molecule has 228 valence electrons. The molecule has 0 bridgehead atoms. The van der Waals surface area contributed by atoms with Crippen molar-refractivity contribution in [2.75, 3.05) is 52.9 Å². The molecule has 8 nitrogen and oxygen atoms in total. The smallest absolute Gasteiger partial charge is 0.379 e. The first-order chi connectivity index (χ1) is 19.6. The SMILES string of the molecule is CCCCCCCCCCCCCCCC(=O)OCCOCCOCCOCCOC(=O)C(=O)c1ccccc1. The Balaban J connectivity index is 1.76. The first-order valence-corrected chi connectivity index (χ1v) is 15.3. The average Bonchev–Trinajstić information content (AvgIpc) is 2.97. The molecule has 0 saturated carbocycles. The summed E-state index contributed by atoms with van der Waals surface area (Å²) in [6, 6.07) is 8.27. The summed E-state index contributed by atoms with van der Waals surface area (Å²) in [4.78, 5) is 35.4. The highest BCUT2D eigenvalue weighted by Gasteiger charge is 2.17. The number of hydrogen-bond donors (Lipinski definition) is 0. The highest BCUT2D eigenvalue weighted by Crippen LogP contribution is 2.13. The zero-order valence-corrected chi connectivity index (χ0v) is 24.7. The fourth-order valence-corrected chi connectivity index (χ4v) is 4.08. The van der Waals surface area contributed by atoms with E-state index in [0.29, 0.717) is 45.0 Å².